The normalized spacial score (nSPS) is 12.7. The van der Waals surface area contributed by atoms with Crippen LogP contribution in [0.4, 0.5) is 5.13 Å². The van der Waals surface area contributed by atoms with E-state index in [-0.39, 0.29) is 6.04 Å². The van der Waals surface area contributed by atoms with Gasteiger partial charge in [0.15, 0.2) is 5.13 Å². The van der Waals surface area contributed by atoms with Crippen molar-refractivity contribution in [2.75, 3.05) is 5.32 Å². The van der Waals surface area contributed by atoms with Crippen molar-refractivity contribution in [1.82, 2.24) is 10.1 Å². The highest BCUT2D eigenvalue weighted by molar-refractivity contribution is 7.13. The molecule has 0 aliphatic carbocycles. The quantitative estimate of drug-likeness (QED) is 0.869. The molecule has 0 spiro atoms. The van der Waals surface area contributed by atoms with Gasteiger partial charge in [-0.05, 0) is 20.8 Å². The van der Waals surface area contributed by atoms with Crippen molar-refractivity contribution in [2.24, 2.45) is 0 Å². The molecular formula is C10H13N3OS. The minimum Gasteiger partial charge on any atom is -0.361 e. The molecule has 5 heteroatoms. The van der Waals surface area contributed by atoms with Crippen molar-refractivity contribution in [3.05, 3.63) is 28.6 Å². The van der Waals surface area contributed by atoms with Crippen LogP contribution in [0.3, 0.4) is 0 Å². The Balaban J connectivity index is 2.18. The Bertz CT molecular complexity index is 416. The zero-order valence-corrected chi connectivity index (χ0v) is 9.76. The minimum absolute atomic E-state index is 0.169. The molecule has 2 aromatic heterocycles. The number of nitrogens with one attached hydrogen (secondary N) is 1. The van der Waals surface area contributed by atoms with Gasteiger partial charge in [-0.15, -0.1) is 11.3 Å². The number of nitrogens with zero attached hydrogens (tertiary/aromatic N) is 2. The molecule has 2 aromatic rings. The maximum Gasteiger partial charge on any atom is 0.183 e. The highest BCUT2D eigenvalue weighted by Gasteiger charge is 2.16. The van der Waals surface area contributed by atoms with Gasteiger partial charge in [0, 0.05) is 17.1 Å². The van der Waals surface area contributed by atoms with Crippen LogP contribution in [0.5, 0.6) is 0 Å². The van der Waals surface area contributed by atoms with Gasteiger partial charge >= 0.3 is 0 Å². The molecular weight excluding hydrogens is 210 g/mol. The van der Waals surface area contributed by atoms with E-state index >= 15 is 0 Å². The summed E-state index contributed by atoms with van der Waals surface area (Å²) in [5, 5.41) is 10.1. The number of hydrogen-bond donors (Lipinski definition) is 1. The molecule has 0 fully saturated rings. The van der Waals surface area contributed by atoms with Gasteiger partial charge in [-0.1, -0.05) is 5.16 Å². The summed E-state index contributed by atoms with van der Waals surface area (Å²) in [5.74, 6) is 0.865. The van der Waals surface area contributed by atoms with Crippen molar-refractivity contribution in [2.45, 2.75) is 26.8 Å². The summed E-state index contributed by atoms with van der Waals surface area (Å²) in [6.45, 7) is 5.95. The molecule has 0 amide bonds. The molecule has 0 saturated carbocycles. The third kappa shape index (κ3) is 2.02. The largest absolute Gasteiger partial charge is 0.361 e. The van der Waals surface area contributed by atoms with E-state index < -0.39 is 0 Å². The highest BCUT2D eigenvalue weighted by Crippen LogP contribution is 2.25. The first-order valence-electron chi connectivity index (χ1n) is 4.77. The summed E-state index contributed by atoms with van der Waals surface area (Å²) in [4.78, 5) is 4.18. The smallest absolute Gasteiger partial charge is 0.183 e. The Labute approximate surface area is 92.3 Å². The molecule has 1 N–H and O–H groups in total. The summed E-state index contributed by atoms with van der Waals surface area (Å²) in [6.07, 6.45) is 1.78. The average molecular weight is 223 g/mol. The van der Waals surface area contributed by atoms with Crippen LogP contribution in [0, 0.1) is 13.8 Å². The van der Waals surface area contributed by atoms with Gasteiger partial charge in [-0.3, -0.25) is 0 Å². The number of anilines is 1. The zero-order chi connectivity index (χ0) is 10.8. The first-order valence-corrected chi connectivity index (χ1v) is 5.65. The SMILES string of the molecule is Cc1noc(C)c1C(C)Nc1nccs1. The second-order valence-corrected chi connectivity index (χ2v) is 4.34. The molecule has 2 rings (SSSR count). The number of aryl methyl sites for hydroxylation is 2. The lowest BCUT2D eigenvalue weighted by Gasteiger charge is -2.12. The van der Waals surface area contributed by atoms with Gasteiger partial charge in [0.1, 0.15) is 5.76 Å². The second-order valence-electron chi connectivity index (χ2n) is 3.44. The van der Waals surface area contributed by atoms with E-state index in [0.717, 1.165) is 22.1 Å². The fraction of sp³-hybridized carbons (Fsp3) is 0.400. The first-order chi connectivity index (χ1) is 7.18. The van der Waals surface area contributed by atoms with Crippen molar-refractivity contribution in [3.63, 3.8) is 0 Å². The summed E-state index contributed by atoms with van der Waals surface area (Å²) in [7, 11) is 0. The fourth-order valence-electron chi connectivity index (χ4n) is 1.66. The van der Waals surface area contributed by atoms with Crippen LogP contribution >= 0.6 is 11.3 Å². The molecule has 2 heterocycles. The van der Waals surface area contributed by atoms with Crippen molar-refractivity contribution >= 4 is 16.5 Å². The molecule has 15 heavy (non-hydrogen) atoms. The molecule has 1 atom stereocenters. The van der Waals surface area contributed by atoms with Crippen LogP contribution in [0.15, 0.2) is 16.1 Å². The number of hydrogen-bond acceptors (Lipinski definition) is 5. The molecule has 1 unspecified atom stereocenters. The van der Waals surface area contributed by atoms with Crippen LogP contribution in [0.2, 0.25) is 0 Å². The number of aromatic nitrogens is 2. The molecule has 80 valence electrons. The lowest BCUT2D eigenvalue weighted by atomic mass is 10.1. The molecule has 0 aliphatic rings. The minimum atomic E-state index is 0.169. The molecule has 0 aromatic carbocycles. The topological polar surface area (TPSA) is 51.0 Å². The number of rotatable bonds is 3. The summed E-state index contributed by atoms with van der Waals surface area (Å²) < 4.78 is 5.13. The molecule has 0 radical (unpaired) electrons. The predicted octanol–water partition coefficient (Wildman–Crippen LogP) is 2.92. The predicted molar refractivity (Wildman–Crippen MR) is 60.1 cm³/mol. The standard InChI is InChI=1S/C10H13N3OS/c1-6(12-10-11-4-5-15-10)9-7(2)13-14-8(9)3/h4-6H,1-3H3,(H,11,12). The van der Waals surface area contributed by atoms with Crippen LogP contribution in [-0.2, 0) is 0 Å². The van der Waals surface area contributed by atoms with Crippen molar-refractivity contribution in [3.8, 4) is 0 Å². The van der Waals surface area contributed by atoms with E-state index in [1.165, 1.54) is 0 Å². The van der Waals surface area contributed by atoms with E-state index in [1.54, 1.807) is 17.5 Å². The second kappa shape index (κ2) is 4.02. The maximum atomic E-state index is 5.13. The lowest BCUT2D eigenvalue weighted by molar-refractivity contribution is 0.392. The van der Waals surface area contributed by atoms with Crippen LogP contribution < -0.4 is 5.32 Å². The van der Waals surface area contributed by atoms with Crippen LogP contribution in [0.25, 0.3) is 0 Å². The molecule has 4 nitrogen and oxygen atoms in total. The monoisotopic (exact) mass is 223 g/mol. The van der Waals surface area contributed by atoms with Crippen molar-refractivity contribution < 1.29 is 4.52 Å². The maximum absolute atomic E-state index is 5.13. The van der Waals surface area contributed by atoms with E-state index in [2.05, 4.69) is 22.4 Å². The fourth-order valence-corrected chi connectivity index (χ4v) is 2.28. The van der Waals surface area contributed by atoms with Crippen molar-refractivity contribution in [1.29, 1.82) is 0 Å². The Morgan fingerprint density at radius 3 is 2.80 bits per heavy atom. The van der Waals surface area contributed by atoms with Gasteiger partial charge in [0.2, 0.25) is 0 Å². The van der Waals surface area contributed by atoms with E-state index in [1.807, 2.05) is 19.2 Å². The lowest BCUT2D eigenvalue weighted by Crippen LogP contribution is -2.07. The van der Waals surface area contributed by atoms with Gasteiger partial charge in [-0.25, -0.2) is 4.98 Å². The molecule has 0 bridgehead atoms. The van der Waals surface area contributed by atoms with Gasteiger partial charge in [0.05, 0.1) is 11.7 Å². The summed E-state index contributed by atoms with van der Waals surface area (Å²) in [6, 6.07) is 0.169. The Kier molecular flexibility index (Phi) is 2.73. The van der Waals surface area contributed by atoms with Gasteiger partial charge < -0.3 is 9.84 Å². The van der Waals surface area contributed by atoms with E-state index in [9.17, 15) is 0 Å². The third-order valence-electron chi connectivity index (χ3n) is 2.29. The Morgan fingerprint density at radius 2 is 2.27 bits per heavy atom. The average Bonchev–Trinajstić information content (AvgIpc) is 2.77. The Hall–Kier alpha value is -1.36. The van der Waals surface area contributed by atoms with Gasteiger partial charge in [-0.2, -0.15) is 0 Å². The van der Waals surface area contributed by atoms with E-state index in [4.69, 9.17) is 4.52 Å². The first kappa shape index (κ1) is 10.2. The third-order valence-corrected chi connectivity index (χ3v) is 3.00. The van der Waals surface area contributed by atoms with Crippen LogP contribution in [-0.4, -0.2) is 10.1 Å². The zero-order valence-electron chi connectivity index (χ0n) is 8.94. The van der Waals surface area contributed by atoms with Gasteiger partial charge in [0.25, 0.3) is 0 Å². The summed E-state index contributed by atoms with van der Waals surface area (Å²) in [5.41, 5.74) is 2.05. The molecule has 0 aliphatic heterocycles. The van der Waals surface area contributed by atoms with E-state index in [0.29, 0.717) is 0 Å². The Morgan fingerprint density at radius 1 is 1.47 bits per heavy atom. The molecule has 0 saturated heterocycles. The summed E-state index contributed by atoms with van der Waals surface area (Å²) >= 11 is 1.59. The number of thiazole rings is 1. The van der Waals surface area contributed by atoms with Crippen LogP contribution in [0.1, 0.15) is 30.0 Å². The highest BCUT2D eigenvalue weighted by atomic mass is 32.1.